The van der Waals surface area contributed by atoms with Crippen LogP contribution in [0.5, 0.6) is 0 Å². The van der Waals surface area contributed by atoms with Gasteiger partial charge in [0.2, 0.25) is 5.78 Å². The van der Waals surface area contributed by atoms with E-state index in [-0.39, 0.29) is 31.5 Å². The summed E-state index contributed by atoms with van der Waals surface area (Å²) in [6.45, 7) is 10.4. The largest absolute Gasteiger partial charge is 0.459 e. The van der Waals surface area contributed by atoms with Gasteiger partial charge >= 0.3 is 17.9 Å². The van der Waals surface area contributed by atoms with Crippen LogP contribution in [0.4, 0.5) is 4.39 Å². The Labute approximate surface area is 254 Å². The molecule has 8 atom stereocenters. The number of hydrogen-bond acceptors (Lipinski definition) is 8. The summed E-state index contributed by atoms with van der Waals surface area (Å²) in [4.78, 5) is 65.1. The van der Waals surface area contributed by atoms with Crippen LogP contribution in [0.1, 0.15) is 106 Å². The number of fused-ring (bicyclic) bond motifs is 5. The van der Waals surface area contributed by atoms with Crippen LogP contribution in [0.25, 0.3) is 0 Å². The quantitative estimate of drug-likeness (QED) is 0.211. The number of carbonyl (C=O) groups is 5. The average molecular weight is 603 g/mol. The second-order valence-electron chi connectivity index (χ2n) is 13.4. The molecule has 8 unspecified atom stereocenters. The third-order valence-corrected chi connectivity index (χ3v) is 10.8. The van der Waals surface area contributed by atoms with Crippen LogP contribution in [0, 0.1) is 28.6 Å². The molecule has 3 saturated carbocycles. The van der Waals surface area contributed by atoms with E-state index >= 15 is 4.39 Å². The molecule has 9 heteroatoms. The summed E-state index contributed by atoms with van der Waals surface area (Å²) in [7, 11) is 0. The molecule has 238 valence electrons. The molecule has 4 rings (SSSR count). The van der Waals surface area contributed by atoms with Crippen LogP contribution in [-0.2, 0) is 38.2 Å². The Morgan fingerprint density at radius 1 is 0.953 bits per heavy atom. The van der Waals surface area contributed by atoms with Gasteiger partial charge in [0.25, 0.3) is 0 Å². The van der Waals surface area contributed by atoms with Gasteiger partial charge in [-0.25, -0.2) is 4.39 Å². The van der Waals surface area contributed by atoms with Gasteiger partial charge in [-0.1, -0.05) is 46.3 Å². The van der Waals surface area contributed by atoms with E-state index in [1.807, 2.05) is 34.6 Å². The highest BCUT2D eigenvalue weighted by molar-refractivity contribution is 6.01. The average Bonchev–Trinajstić information content (AvgIpc) is 3.15. The molecule has 0 radical (unpaired) electrons. The molecule has 0 aromatic rings. The topological polar surface area (TPSA) is 113 Å². The summed E-state index contributed by atoms with van der Waals surface area (Å²) >= 11 is 0. The van der Waals surface area contributed by atoms with Crippen molar-refractivity contribution in [3.63, 3.8) is 0 Å². The first kappa shape index (κ1) is 33.1. The molecular weight excluding hydrogens is 555 g/mol. The van der Waals surface area contributed by atoms with Gasteiger partial charge in [0.1, 0.15) is 6.10 Å². The molecule has 8 nitrogen and oxygen atoms in total. The Balaban J connectivity index is 1.86. The van der Waals surface area contributed by atoms with E-state index in [9.17, 15) is 24.0 Å². The van der Waals surface area contributed by atoms with Gasteiger partial charge in [-0.15, -0.1) is 0 Å². The van der Waals surface area contributed by atoms with Gasteiger partial charge in [0, 0.05) is 41.9 Å². The van der Waals surface area contributed by atoms with Crippen LogP contribution in [0.2, 0.25) is 0 Å². The SMILES string of the molecule is CCCC(=O)OCC(=O)C1(OC(=O)CCC)C(C)CC2C3CCC4=CC(=O)C=CC4(C)C3(F)C(OC(=O)CCC)CC21C. The number of allylic oxidation sites excluding steroid dienone is 4. The zero-order chi connectivity index (χ0) is 31.8. The van der Waals surface area contributed by atoms with E-state index in [1.165, 1.54) is 12.2 Å². The first-order valence-corrected chi connectivity index (χ1v) is 16.0. The number of alkyl halides is 1. The van der Waals surface area contributed by atoms with Gasteiger partial charge in [-0.3, -0.25) is 24.0 Å². The normalized spacial score (nSPS) is 37.8. The van der Waals surface area contributed by atoms with Crippen molar-refractivity contribution in [2.75, 3.05) is 6.61 Å². The molecule has 43 heavy (non-hydrogen) atoms. The molecule has 0 aromatic heterocycles. The van der Waals surface area contributed by atoms with E-state index in [4.69, 9.17) is 14.2 Å². The third kappa shape index (κ3) is 5.18. The molecule has 0 N–H and O–H groups in total. The zero-order valence-electron chi connectivity index (χ0n) is 26.5. The number of ketones is 2. The summed E-state index contributed by atoms with van der Waals surface area (Å²) < 4.78 is 35.9. The molecule has 3 fully saturated rings. The van der Waals surface area contributed by atoms with Crippen LogP contribution < -0.4 is 0 Å². The maximum atomic E-state index is 18.3. The minimum atomic E-state index is -2.07. The monoisotopic (exact) mass is 602 g/mol. The molecule has 4 aliphatic carbocycles. The number of esters is 3. The maximum absolute atomic E-state index is 18.3. The Morgan fingerprint density at radius 2 is 1.58 bits per heavy atom. The van der Waals surface area contributed by atoms with E-state index in [0.29, 0.717) is 44.1 Å². The predicted molar refractivity (Wildman–Crippen MR) is 156 cm³/mol. The maximum Gasteiger partial charge on any atom is 0.306 e. The van der Waals surface area contributed by atoms with Crippen molar-refractivity contribution in [1.82, 2.24) is 0 Å². The van der Waals surface area contributed by atoms with Crippen molar-refractivity contribution in [2.45, 2.75) is 123 Å². The van der Waals surface area contributed by atoms with Crippen molar-refractivity contribution >= 4 is 29.5 Å². The standard InChI is InChI=1S/C34H47FO8/c1-7-10-28(38)41-20-26(37)34(43-30(40)12-9-3)21(4)17-25-24-14-13-22-18-23(36)15-16-31(22,5)33(24,35)27(19-32(25,34)6)42-29(39)11-8-2/h15-16,18,21,24-25,27H,7-14,17,19-20H2,1-6H3. The summed E-state index contributed by atoms with van der Waals surface area (Å²) in [5.41, 5.74) is -5.42. The first-order valence-electron chi connectivity index (χ1n) is 16.0. The molecule has 0 bridgehead atoms. The molecule has 0 amide bonds. The number of carbonyl (C=O) groups excluding carboxylic acids is 5. The molecule has 0 saturated heterocycles. The van der Waals surface area contributed by atoms with Crippen molar-refractivity contribution < 1.29 is 42.6 Å². The number of halogens is 1. The lowest BCUT2D eigenvalue weighted by Gasteiger charge is -2.63. The molecule has 0 aromatic carbocycles. The van der Waals surface area contributed by atoms with E-state index in [0.717, 1.165) is 0 Å². The smallest absolute Gasteiger partial charge is 0.306 e. The minimum absolute atomic E-state index is 0.0663. The predicted octanol–water partition coefficient (Wildman–Crippen LogP) is 5.95. The lowest BCUT2D eigenvalue weighted by molar-refractivity contribution is -0.236. The second kappa shape index (κ2) is 12.3. The van der Waals surface area contributed by atoms with Crippen LogP contribution in [-0.4, -0.2) is 53.5 Å². The number of ether oxygens (including phenoxy) is 3. The van der Waals surface area contributed by atoms with Gasteiger partial charge in [0.05, 0.1) is 0 Å². The summed E-state index contributed by atoms with van der Waals surface area (Å²) in [5.74, 6) is -3.92. The molecule has 0 heterocycles. The fourth-order valence-corrected chi connectivity index (χ4v) is 8.88. The van der Waals surface area contributed by atoms with Crippen molar-refractivity contribution in [1.29, 1.82) is 0 Å². The van der Waals surface area contributed by atoms with Crippen LogP contribution >= 0.6 is 0 Å². The summed E-state index contributed by atoms with van der Waals surface area (Å²) in [5, 5.41) is 0. The second-order valence-corrected chi connectivity index (χ2v) is 13.4. The van der Waals surface area contributed by atoms with Gasteiger partial charge in [0.15, 0.2) is 23.7 Å². The summed E-state index contributed by atoms with van der Waals surface area (Å²) in [6.07, 6.45) is 6.34. The summed E-state index contributed by atoms with van der Waals surface area (Å²) in [6, 6.07) is 0. The fourth-order valence-electron chi connectivity index (χ4n) is 8.88. The molecule has 4 aliphatic rings. The Hall–Kier alpha value is -2.84. The first-order chi connectivity index (χ1) is 20.2. The zero-order valence-corrected chi connectivity index (χ0v) is 26.5. The van der Waals surface area contributed by atoms with Crippen LogP contribution in [0.3, 0.4) is 0 Å². The van der Waals surface area contributed by atoms with Gasteiger partial charge in [-0.05, 0) is 69.9 Å². The lowest BCUT2D eigenvalue weighted by atomic mass is 9.44. The highest BCUT2D eigenvalue weighted by Crippen LogP contribution is 2.72. The number of Topliss-reactive ketones (excluding diaryl/α,β-unsaturated/α-hetero) is 1. The van der Waals surface area contributed by atoms with E-state index < -0.39 is 76.3 Å². The number of hydrogen-bond donors (Lipinski definition) is 0. The lowest BCUT2D eigenvalue weighted by Crippen LogP contribution is -2.70. The fraction of sp³-hybridized carbons (Fsp3) is 0.735. The molecule has 0 aliphatic heterocycles. The highest BCUT2D eigenvalue weighted by atomic mass is 19.1. The Bertz CT molecular complexity index is 1220. The Morgan fingerprint density at radius 3 is 2.23 bits per heavy atom. The highest BCUT2D eigenvalue weighted by Gasteiger charge is 2.78. The van der Waals surface area contributed by atoms with Gasteiger partial charge < -0.3 is 14.2 Å². The van der Waals surface area contributed by atoms with Crippen LogP contribution in [0.15, 0.2) is 23.8 Å². The van der Waals surface area contributed by atoms with Crippen molar-refractivity contribution in [2.24, 2.45) is 28.6 Å². The van der Waals surface area contributed by atoms with Crippen molar-refractivity contribution in [3.8, 4) is 0 Å². The minimum Gasteiger partial charge on any atom is -0.459 e. The van der Waals surface area contributed by atoms with E-state index in [1.54, 1.807) is 13.0 Å². The van der Waals surface area contributed by atoms with E-state index in [2.05, 4.69) is 0 Å². The third-order valence-electron chi connectivity index (χ3n) is 10.8. The van der Waals surface area contributed by atoms with Gasteiger partial charge in [-0.2, -0.15) is 0 Å². The molecule has 0 spiro atoms. The molecular formula is C34H47FO8. The Kier molecular flexibility index (Phi) is 9.44. The number of rotatable bonds is 11. The van der Waals surface area contributed by atoms with Crippen molar-refractivity contribution in [3.05, 3.63) is 23.8 Å².